The van der Waals surface area contributed by atoms with Crippen LogP contribution in [-0.4, -0.2) is 60.0 Å². The molecule has 1 saturated heterocycles. The zero-order valence-electron chi connectivity index (χ0n) is 16.4. The highest BCUT2D eigenvalue weighted by atomic mass is 35.5. The van der Waals surface area contributed by atoms with Gasteiger partial charge in [-0.25, -0.2) is 4.68 Å². The number of aryl methyl sites for hydroxylation is 2. The van der Waals surface area contributed by atoms with Crippen molar-refractivity contribution in [2.45, 2.75) is 27.0 Å². The van der Waals surface area contributed by atoms with E-state index >= 15 is 0 Å². The molecule has 2 heterocycles. The SMILES string of the molecule is Cc1cc(OCn2ccc(C(=O)NCCCN3CCOCC3)n2)cc(C)c1Cl. The van der Waals surface area contributed by atoms with Crippen molar-refractivity contribution in [2.75, 3.05) is 39.4 Å². The van der Waals surface area contributed by atoms with Crippen LogP contribution in [0.15, 0.2) is 24.4 Å². The lowest BCUT2D eigenvalue weighted by atomic mass is 10.1. The van der Waals surface area contributed by atoms with Crippen LogP contribution in [0.4, 0.5) is 0 Å². The molecule has 1 aromatic carbocycles. The molecule has 152 valence electrons. The summed E-state index contributed by atoms with van der Waals surface area (Å²) in [4.78, 5) is 14.6. The number of morpholine rings is 1. The number of halogens is 1. The first-order valence-electron chi connectivity index (χ1n) is 9.54. The third kappa shape index (κ3) is 5.70. The van der Waals surface area contributed by atoms with Crippen LogP contribution < -0.4 is 10.1 Å². The summed E-state index contributed by atoms with van der Waals surface area (Å²) in [6.45, 7) is 9.22. The Morgan fingerprint density at radius 1 is 1.29 bits per heavy atom. The van der Waals surface area contributed by atoms with Crippen molar-refractivity contribution < 1.29 is 14.3 Å². The molecule has 7 nitrogen and oxygen atoms in total. The molecular weight excluding hydrogens is 380 g/mol. The van der Waals surface area contributed by atoms with Gasteiger partial charge in [0.15, 0.2) is 6.73 Å². The minimum atomic E-state index is -0.168. The molecule has 0 spiro atoms. The van der Waals surface area contributed by atoms with Gasteiger partial charge in [-0.05, 0) is 56.1 Å². The van der Waals surface area contributed by atoms with Crippen LogP contribution in [0.5, 0.6) is 5.75 Å². The van der Waals surface area contributed by atoms with E-state index in [4.69, 9.17) is 21.1 Å². The second kappa shape index (κ2) is 9.91. The summed E-state index contributed by atoms with van der Waals surface area (Å²) in [5.41, 5.74) is 2.32. The van der Waals surface area contributed by atoms with Crippen molar-refractivity contribution in [2.24, 2.45) is 0 Å². The minimum Gasteiger partial charge on any atom is -0.471 e. The lowest BCUT2D eigenvalue weighted by Gasteiger charge is -2.26. The van der Waals surface area contributed by atoms with Gasteiger partial charge in [-0.3, -0.25) is 9.69 Å². The summed E-state index contributed by atoms with van der Waals surface area (Å²) in [5.74, 6) is 0.558. The van der Waals surface area contributed by atoms with Crippen LogP contribution in [0.2, 0.25) is 5.02 Å². The van der Waals surface area contributed by atoms with Crippen molar-refractivity contribution in [1.29, 1.82) is 0 Å². The molecule has 1 aromatic heterocycles. The maximum Gasteiger partial charge on any atom is 0.271 e. The first kappa shape index (κ1) is 20.6. The number of carbonyl (C=O) groups excluding carboxylic acids is 1. The first-order chi connectivity index (χ1) is 13.5. The fourth-order valence-electron chi connectivity index (χ4n) is 3.10. The summed E-state index contributed by atoms with van der Waals surface area (Å²) in [5, 5.41) is 7.95. The van der Waals surface area contributed by atoms with Crippen LogP contribution in [0.1, 0.15) is 28.0 Å². The van der Waals surface area contributed by atoms with E-state index in [0.717, 1.165) is 61.2 Å². The number of ether oxygens (including phenoxy) is 2. The van der Waals surface area contributed by atoms with E-state index in [-0.39, 0.29) is 12.6 Å². The quantitative estimate of drug-likeness (QED) is 0.682. The second-order valence-corrected chi connectivity index (χ2v) is 7.33. The Morgan fingerprint density at radius 2 is 2.00 bits per heavy atom. The molecule has 1 fully saturated rings. The molecule has 28 heavy (non-hydrogen) atoms. The van der Waals surface area contributed by atoms with Gasteiger partial charge >= 0.3 is 0 Å². The molecule has 1 N–H and O–H groups in total. The summed E-state index contributed by atoms with van der Waals surface area (Å²) in [6, 6.07) is 5.47. The van der Waals surface area contributed by atoms with Crippen LogP contribution in [0.25, 0.3) is 0 Å². The highest BCUT2D eigenvalue weighted by molar-refractivity contribution is 6.32. The molecule has 0 bridgehead atoms. The van der Waals surface area contributed by atoms with Crippen molar-refractivity contribution >= 4 is 17.5 Å². The van der Waals surface area contributed by atoms with E-state index < -0.39 is 0 Å². The number of nitrogens with one attached hydrogen (secondary N) is 1. The largest absolute Gasteiger partial charge is 0.471 e. The Bertz CT molecular complexity index is 779. The normalized spacial score (nSPS) is 14.8. The number of benzene rings is 1. The van der Waals surface area contributed by atoms with E-state index in [1.165, 1.54) is 0 Å². The number of hydrogen-bond acceptors (Lipinski definition) is 5. The minimum absolute atomic E-state index is 0.168. The number of aromatic nitrogens is 2. The van der Waals surface area contributed by atoms with Gasteiger partial charge in [-0.15, -0.1) is 0 Å². The maximum atomic E-state index is 12.2. The second-order valence-electron chi connectivity index (χ2n) is 6.95. The maximum absolute atomic E-state index is 12.2. The highest BCUT2D eigenvalue weighted by Gasteiger charge is 2.12. The van der Waals surface area contributed by atoms with Crippen LogP contribution in [0, 0.1) is 13.8 Å². The smallest absolute Gasteiger partial charge is 0.271 e. The molecule has 2 aromatic rings. The van der Waals surface area contributed by atoms with Crippen molar-refractivity contribution in [1.82, 2.24) is 20.0 Å². The zero-order chi connectivity index (χ0) is 19.9. The fraction of sp³-hybridized carbons (Fsp3) is 0.500. The molecule has 1 aliphatic heterocycles. The van der Waals surface area contributed by atoms with E-state index in [9.17, 15) is 4.79 Å². The number of nitrogens with zero attached hydrogens (tertiary/aromatic N) is 3. The molecule has 0 unspecified atom stereocenters. The summed E-state index contributed by atoms with van der Waals surface area (Å²) >= 11 is 6.18. The van der Waals surface area contributed by atoms with Crippen LogP contribution in [0.3, 0.4) is 0 Å². The molecule has 0 saturated carbocycles. The first-order valence-corrected chi connectivity index (χ1v) is 9.92. The molecular formula is C20H27ClN4O3. The third-order valence-electron chi connectivity index (χ3n) is 4.69. The van der Waals surface area contributed by atoms with Gasteiger partial charge in [-0.1, -0.05) is 11.6 Å². The molecule has 1 amide bonds. The Morgan fingerprint density at radius 3 is 2.71 bits per heavy atom. The summed E-state index contributed by atoms with van der Waals surface area (Å²) < 4.78 is 12.7. The fourth-order valence-corrected chi connectivity index (χ4v) is 3.21. The Hall–Kier alpha value is -2.09. The Balaban J connectivity index is 1.42. The van der Waals surface area contributed by atoms with Gasteiger partial charge in [-0.2, -0.15) is 5.10 Å². The molecule has 1 aliphatic rings. The van der Waals surface area contributed by atoms with Gasteiger partial charge < -0.3 is 14.8 Å². The topological polar surface area (TPSA) is 68.6 Å². The van der Waals surface area contributed by atoms with Crippen molar-refractivity contribution in [3.05, 3.63) is 46.2 Å². The molecule has 8 heteroatoms. The monoisotopic (exact) mass is 406 g/mol. The van der Waals surface area contributed by atoms with Crippen LogP contribution >= 0.6 is 11.6 Å². The molecule has 0 aliphatic carbocycles. The van der Waals surface area contributed by atoms with Gasteiger partial charge in [0.25, 0.3) is 5.91 Å². The highest BCUT2D eigenvalue weighted by Crippen LogP contribution is 2.25. The van der Waals surface area contributed by atoms with Crippen molar-refractivity contribution in [3.63, 3.8) is 0 Å². The predicted octanol–water partition coefficient (Wildman–Crippen LogP) is 2.64. The molecule has 3 rings (SSSR count). The molecule has 0 radical (unpaired) electrons. The van der Waals surface area contributed by atoms with E-state index in [2.05, 4.69) is 15.3 Å². The number of rotatable bonds is 8. The lowest BCUT2D eigenvalue weighted by Crippen LogP contribution is -2.38. The average molecular weight is 407 g/mol. The summed E-state index contributed by atoms with van der Waals surface area (Å²) in [7, 11) is 0. The zero-order valence-corrected chi connectivity index (χ0v) is 17.2. The van der Waals surface area contributed by atoms with E-state index in [0.29, 0.717) is 12.2 Å². The van der Waals surface area contributed by atoms with Gasteiger partial charge in [0.1, 0.15) is 11.4 Å². The Labute approximate surface area is 170 Å². The molecule has 0 atom stereocenters. The third-order valence-corrected chi connectivity index (χ3v) is 5.28. The number of carbonyl (C=O) groups is 1. The van der Waals surface area contributed by atoms with Crippen LogP contribution in [-0.2, 0) is 11.5 Å². The lowest BCUT2D eigenvalue weighted by molar-refractivity contribution is 0.0374. The van der Waals surface area contributed by atoms with Gasteiger partial charge in [0, 0.05) is 30.9 Å². The van der Waals surface area contributed by atoms with Gasteiger partial charge in [0.2, 0.25) is 0 Å². The Kier molecular flexibility index (Phi) is 7.30. The average Bonchev–Trinajstić information content (AvgIpc) is 3.17. The van der Waals surface area contributed by atoms with E-state index in [1.807, 2.05) is 26.0 Å². The number of amides is 1. The standard InChI is InChI=1S/C20H27ClN4O3/c1-15-12-17(13-16(2)19(15)21)28-14-25-7-4-18(23-25)20(26)22-5-3-6-24-8-10-27-11-9-24/h4,7,12-13H,3,5-6,8-11,14H2,1-2H3,(H,22,26). The number of hydrogen-bond donors (Lipinski definition) is 1. The van der Waals surface area contributed by atoms with E-state index in [1.54, 1.807) is 16.9 Å². The summed E-state index contributed by atoms with van der Waals surface area (Å²) in [6.07, 6.45) is 2.64. The predicted molar refractivity (Wildman–Crippen MR) is 108 cm³/mol. The van der Waals surface area contributed by atoms with Gasteiger partial charge in [0.05, 0.1) is 13.2 Å². The van der Waals surface area contributed by atoms with Crippen molar-refractivity contribution in [3.8, 4) is 5.75 Å².